The molecule has 7 heteroatoms. The first-order chi connectivity index (χ1) is 13.8. The number of rotatable bonds is 6. The highest BCUT2D eigenvalue weighted by Crippen LogP contribution is 2.31. The first kappa shape index (κ1) is 20.9. The van der Waals surface area contributed by atoms with E-state index in [1.807, 2.05) is 26.8 Å². The summed E-state index contributed by atoms with van der Waals surface area (Å²) in [6.07, 6.45) is 0. The van der Waals surface area contributed by atoms with Crippen LogP contribution in [0.2, 0.25) is 0 Å². The molecule has 0 saturated carbocycles. The van der Waals surface area contributed by atoms with Gasteiger partial charge in [0.25, 0.3) is 0 Å². The molecule has 0 aliphatic rings. The van der Waals surface area contributed by atoms with Crippen molar-refractivity contribution >= 4 is 34.4 Å². The molecule has 1 N–H and O–H groups in total. The van der Waals surface area contributed by atoms with Crippen LogP contribution < -0.4 is 10.7 Å². The molecule has 0 saturated heterocycles. The molecule has 152 valence electrons. The summed E-state index contributed by atoms with van der Waals surface area (Å²) < 4.78 is 25.0. The van der Waals surface area contributed by atoms with Crippen molar-refractivity contribution < 1.29 is 18.3 Å². The number of carbonyl (C=O) groups is 1. The molecular weight excluding hydrogens is 393 g/mol. The van der Waals surface area contributed by atoms with E-state index in [-0.39, 0.29) is 17.0 Å². The van der Waals surface area contributed by atoms with Crippen LogP contribution in [0.1, 0.15) is 41.4 Å². The summed E-state index contributed by atoms with van der Waals surface area (Å²) in [4.78, 5) is 24.6. The fourth-order valence-corrected chi connectivity index (χ4v) is 3.83. The summed E-state index contributed by atoms with van der Waals surface area (Å²) in [5, 5.41) is 4.20. The molecule has 3 aromatic rings. The SMILES string of the molecule is CCSc1cc(=O)c2cc(C)cc([C@@H](C)Nc3cccc(F)c3C(=O)OC)c2o1. The van der Waals surface area contributed by atoms with E-state index in [2.05, 4.69) is 5.32 Å². The van der Waals surface area contributed by atoms with Gasteiger partial charge in [0.1, 0.15) is 17.0 Å². The maximum atomic E-state index is 14.2. The molecular formula is C22H22FNO4S. The van der Waals surface area contributed by atoms with Gasteiger partial charge in [0.2, 0.25) is 0 Å². The Kier molecular flexibility index (Phi) is 6.27. The van der Waals surface area contributed by atoms with E-state index in [9.17, 15) is 14.0 Å². The van der Waals surface area contributed by atoms with E-state index in [1.54, 1.807) is 12.1 Å². The standard InChI is InChI=1S/C22H22FNO4S/c1-5-29-19-11-18(25)15-10-12(2)9-14(21(15)28-19)13(3)24-17-8-6-7-16(23)20(17)22(26)27-4/h6-11,13,24H,5H2,1-4H3/t13-/m1/s1. The number of anilines is 1. The maximum Gasteiger partial charge on any atom is 0.342 e. The van der Waals surface area contributed by atoms with Crippen LogP contribution in [-0.4, -0.2) is 18.8 Å². The van der Waals surface area contributed by atoms with Gasteiger partial charge in [-0.05, 0) is 43.4 Å². The van der Waals surface area contributed by atoms with E-state index in [0.29, 0.717) is 21.7 Å². The molecule has 0 amide bonds. The second kappa shape index (κ2) is 8.69. The molecule has 0 aliphatic carbocycles. The highest BCUT2D eigenvalue weighted by atomic mass is 32.2. The smallest absolute Gasteiger partial charge is 0.342 e. The zero-order valence-corrected chi connectivity index (χ0v) is 17.5. The fraction of sp³-hybridized carbons (Fsp3) is 0.273. The third kappa shape index (κ3) is 4.29. The van der Waals surface area contributed by atoms with E-state index < -0.39 is 11.8 Å². The number of esters is 1. The van der Waals surface area contributed by atoms with Crippen molar-refractivity contribution in [2.45, 2.75) is 31.9 Å². The first-order valence-electron chi connectivity index (χ1n) is 9.20. The Morgan fingerprint density at radius 3 is 2.76 bits per heavy atom. The summed E-state index contributed by atoms with van der Waals surface area (Å²) in [6.45, 7) is 5.74. The predicted molar refractivity (Wildman–Crippen MR) is 113 cm³/mol. The average Bonchev–Trinajstić information content (AvgIpc) is 2.68. The topological polar surface area (TPSA) is 68.5 Å². The van der Waals surface area contributed by atoms with Crippen LogP contribution in [0.4, 0.5) is 10.1 Å². The summed E-state index contributed by atoms with van der Waals surface area (Å²) >= 11 is 1.45. The third-order valence-electron chi connectivity index (χ3n) is 4.51. The van der Waals surface area contributed by atoms with Crippen molar-refractivity contribution in [2.24, 2.45) is 0 Å². The van der Waals surface area contributed by atoms with Crippen LogP contribution in [0, 0.1) is 12.7 Å². The molecule has 0 unspecified atom stereocenters. The number of benzene rings is 2. The van der Waals surface area contributed by atoms with E-state index in [1.165, 1.54) is 37.1 Å². The average molecular weight is 415 g/mol. The van der Waals surface area contributed by atoms with Crippen LogP contribution >= 0.6 is 11.8 Å². The van der Waals surface area contributed by atoms with Crippen molar-refractivity contribution in [3.8, 4) is 0 Å². The minimum absolute atomic E-state index is 0.111. The molecule has 0 bridgehead atoms. The van der Waals surface area contributed by atoms with Gasteiger partial charge in [0.05, 0.1) is 24.2 Å². The summed E-state index contributed by atoms with van der Waals surface area (Å²) in [5.41, 5.74) is 2.16. The van der Waals surface area contributed by atoms with Crippen LogP contribution in [0.25, 0.3) is 11.0 Å². The zero-order chi connectivity index (χ0) is 21.1. The van der Waals surface area contributed by atoms with Gasteiger partial charge in [-0.3, -0.25) is 4.79 Å². The molecule has 1 heterocycles. The lowest BCUT2D eigenvalue weighted by molar-refractivity contribution is 0.0596. The molecule has 0 radical (unpaired) electrons. The quantitative estimate of drug-likeness (QED) is 0.435. The van der Waals surface area contributed by atoms with Gasteiger partial charge >= 0.3 is 5.97 Å². The number of aryl methyl sites for hydroxylation is 1. The molecule has 5 nitrogen and oxygen atoms in total. The molecule has 0 aliphatic heterocycles. The number of nitrogens with one attached hydrogen (secondary N) is 1. The Bertz CT molecular complexity index is 1130. The van der Waals surface area contributed by atoms with Crippen molar-refractivity contribution in [1.82, 2.24) is 0 Å². The lowest BCUT2D eigenvalue weighted by Gasteiger charge is -2.20. The van der Waals surface area contributed by atoms with Gasteiger partial charge in [0, 0.05) is 11.6 Å². The normalized spacial score (nSPS) is 12.0. The number of thioether (sulfide) groups is 1. The first-order valence-corrected chi connectivity index (χ1v) is 10.2. The number of ether oxygens (including phenoxy) is 1. The van der Waals surface area contributed by atoms with E-state index in [4.69, 9.17) is 9.15 Å². The Morgan fingerprint density at radius 2 is 2.07 bits per heavy atom. The summed E-state index contributed by atoms with van der Waals surface area (Å²) in [5.74, 6) is -0.661. The molecule has 0 fully saturated rings. The number of hydrogen-bond acceptors (Lipinski definition) is 6. The molecule has 29 heavy (non-hydrogen) atoms. The Balaban J connectivity index is 2.11. The highest BCUT2D eigenvalue weighted by Gasteiger charge is 2.21. The highest BCUT2D eigenvalue weighted by molar-refractivity contribution is 7.99. The van der Waals surface area contributed by atoms with Gasteiger partial charge in [-0.15, -0.1) is 0 Å². The number of methoxy groups -OCH3 is 1. The number of fused-ring (bicyclic) bond motifs is 1. The predicted octanol–water partition coefficient (Wildman–Crippen LogP) is 5.31. The van der Waals surface area contributed by atoms with Crippen molar-refractivity contribution in [3.05, 3.63) is 69.1 Å². The number of hydrogen-bond donors (Lipinski definition) is 1. The lowest BCUT2D eigenvalue weighted by atomic mass is 10.0. The molecule has 3 rings (SSSR count). The van der Waals surface area contributed by atoms with Gasteiger partial charge in [-0.2, -0.15) is 0 Å². The molecule has 2 aromatic carbocycles. The molecule has 1 aromatic heterocycles. The van der Waals surface area contributed by atoms with E-state index >= 15 is 0 Å². The Labute approximate surface area is 172 Å². The Hall–Kier alpha value is -2.80. The third-order valence-corrected chi connectivity index (χ3v) is 5.28. The molecule has 1 atom stereocenters. The lowest BCUT2D eigenvalue weighted by Crippen LogP contribution is -2.14. The van der Waals surface area contributed by atoms with Crippen molar-refractivity contribution in [2.75, 3.05) is 18.2 Å². The second-order valence-electron chi connectivity index (χ2n) is 6.61. The zero-order valence-electron chi connectivity index (χ0n) is 16.7. The minimum atomic E-state index is -0.764. The maximum absolute atomic E-state index is 14.2. The molecule has 0 spiro atoms. The van der Waals surface area contributed by atoms with Crippen LogP contribution in [0.15, 0.2) is 50.7 Å². The largest absolute Gasteiger partial charge is 0.465 e. The number of carbonyl (C=O) groups excluding carboxylic acids is 1. The van der Waals surface area contributed by atoms with Gasteiger partial charge in [-0.1, -0.05) is 30.8 Å². The monoisotopic (exact) mass is 415 g/mol. The van der Waals surface area contributed by atoms with Gasteiger partial charge in [-0.25, -0.2) is 9.18 Å². The van der Waals surface area contributed by atoms with E-state index in [0.717, 1.165) is 16.9 Å². The van der Waals surface area contributed by atoms with Crippen LogP contribution in [0.5, 0.6) is 0 Å². The minimum Gasteiger partial charge on any atom is -0.465 e. The fourth-order valence-electron chi connectivity index (χ4n) is 3.21. The van der Waals surface area contributed by atoms with Crippen LogP contribution in [0.3, 0.4) is 0 Å². The van der Waals surface area contributed by atoms with Gasteiger partial charge < -0.3 is 14.5 Å². The Morgan fingerprint density at radius 1 is 1.31 bits per heavy atom. The van der Waals surface area contributed by atoms with Crippen molar-refractivity contribution in [1.29, 1.82) is 0 Å². The van der Waals surface area contributed by atoms with Crippen molar-refractivity contribution in [3.63, 3.8) is 0 Å². The van der Waals surface area contributed by atoms with Crippen LogP contribution in [-0.2, 0) is 4.74 Å². The summed E-state index contributed by atoms with van der Waals surface area (Å²) in [6, 6.07) is 9.17. The summed E-state index contributed by atoms with van der Waals surface area (Å²) in [7, 11) is 1.21. The van der Waals surface area contributed by atoms with Gasteiger partial charge in [0.15, 0.2) is 10.5 Å². The number of halogens is 1. The second-order valence-corrected chi connectivity index (χ2v) is 7.88.